The fourth-order valence-corrected chi connectivity index (χ4v) is 3.06. The summed E-state index contributed by atoms with van der Waals surface area (Å²) in [4.78, 5) is 0. The third kappa shape index (κ3) is 6.75. The fraction of sp³-hybridized carbons (Fsp3) is 1.00. The Morgan fingerprint density at radius 3 is 2.17 bits per heavy atom. The highest BCUT2D eigenvalue weighted by Crippen LogP contribution is 2.20. The Morgan fingerprint density at radius 1 is 0.889 bits per heavy atom. The van der Waals surface area contributed by atoms with Gasteiger partial charge >= 0.3 is 0 Å². The maximum Gasteiger partial charge on any atom is 0.0569 e. The van der Waals surface area contributed by atoms with Crippen LogP contribution < -0.4 is 5.32 Å². The molecule has 1 aliphatic heterocycles. The molecule has 1 saturated heterocycles. The second kappa shape index (κ2) is 9.80. The first-order valence-corrected chi connectivity index (χ1v) is 8.20. The van der Waals surface area contributed by atoms with Crippen molar-refractivity contribution < 1.29 is 5.11 Å². The third-order valence-electron chi connectivity index (χ3n) is 4.23. The fourth-order valence-electron chi connectivity index (χ4n) is 3.06. The molecule has 2 nitrogen and oxygen atoms in total. The molecule has 1 fully saturated rings. The first-order valence-electron chi connectivity index (χ1n) is 8.20. The van der Waals surface area contributed by atoms with E-state index in [0.29, 0.717) is 12.1 Å². The monoisotopic (exact) mass is 255 g/mol. The maximum atomic E-state index is 9.84. The smallest absolute Gasteiger partial charge is 0.0569 e. The lowest BCUT2D eigenvalue weighted by Gasteiger charge is -2.33. The van der Waals surface area contributed by atoms with Crippen LogP contribution in [0.5, 0.6) is 0 Å². The van der Waals surface area contributed by atoms with E-state index in [9.17, 15) is 5.11 Å². The molecule has 2 heteroatoms. The Kier molecular flexibility index (Phi) is 8.70. The average molecular weight is 255 g/mol. The van der Waals surface area contributed by atoms with Crippen molar-refractivity contribution in [2.75, 3.05) is 0 Å². The van der Waals surface area contributed by atoms with Crippen LogP contribution in [0.3, 0.4) is 0 Å². The van der Waals surface area contributed by atoms with Gasteiger partial charge in [0, 0.05) is 12.1 Å². The van der Waals surface area contributed by atoms with Gasteiger partial charge in [0.2, 0.25) is 0 Å². The highest BCUT2D eigenvalue weighted by Gasteiger charge is 2.25. The number of unbranched alkanes of at least 4 members (excludes halogenated alkanes) is 6. The van der Waals surface area contributed by atoms with E-state index in [4.69, 9.17) is 0 Å². The van der Waals surface area contributed by atoms with Crippen LogP contribution in [0.15, 0.2) is 0 Å². The molecular formula is C16H33NO. The van der Waals surface area contributed by atoms with Gasteiger partial charge in [-0.05, 0) is 25.7 Å². The minimum absolute atomic E-state index is 0.0641. The summed E-state index contributed by atoms with van der Waals surface area (Å²) in [6.07, 6.45) is 13.9. The average Bonchev–Trinajstić information content (AvgIpc) is 2.37. The summed E-state index contributed by atoms with van der Waals surface area (Å²) in [6.45, 7) is 4.48. The highest BCUT2D eigenvalue weighted by atomic mass is 16.3. The first-order chi connectivity index (χ1) is 8.76. The van der Waals surface area contributed by atoms with Gasteiger partial charge in [-0.3, -0.25) is 0 Å². The van der Waals surface area contributed by atoms with Crippen molar-refractivity contribution in [3.8, 4) is 0 Å². The SMILES string of the molecule is CCCCCCCCC[C@@H]1C[C@H](O)C[C@H](CC)N1. The number of hydrogen-bond donors (Lipinski definition) is 2. The van der Waals surface area contributed by atoms with Crippen molar-refractivity contribution in [3.63, 3.8) is 0 Å². The van der Waals surface area contributed by atoms with Gasteiger partial charge in [-0.2, -0.15) is 0 Å². The molecular weight excluding hydrogens is 222 g/mol. The maximum absolute atomic E-state index is 9.84. The second-order valence-electron chi connectivity index (χ2n) is 6.00. The molecule has 3 atom stereocenters. The van der Waals surface area contributed by atoms with Gasteiger partial charge in [-0.1, -0.05) is 58.8 Å². The zero-order valence-electron chi connectivity index (χ0n) is 12.5. The van der Waals surface area contributed by atoms with Crippen molar-refractivity contribution in [1.29, 1.82) is 0 Å². The lowest BCUT2D eigenvalue weighted by atomic mass is 9.91. The molecule has 18 heavy (non-hydrogen) atoms. The second-order valence-corrected chi connectivity index (χ2v) is 6.00. The minimum Gasteiger partial charge on any atom is -0.393 e. The number of piperidine rings is 1. The van der Waals surface area contributed by atoms with E-state index in [1.807, 2.05) is 0 Å². The molecule has 0 amide bonds. The molecule has 0 spiro atoms. The van der Waals surface area contributed by atoms with Gasteiger partial charge in [0.1, 0.15) is 0 Å². The Bertz CT molecular complexity index is 196. The zero-order chi connectivity index (χ0) is 13.2. The Morgan fingerprint density at radius 2 is 1.50 bits per heavy atom. The van der Waals surface area contributed by atoms with E-state index in [1.54, 1.807) is 0 Å². The molecule has 2 N–H and O–H groups in total. The molecule has 0 radical (unpaired) electrons. The molecule has 0 aromatic carbocycles. The normalized spacial score (nSPS) is 28.5. The van der Waals surface area contributed by atoms with Crippen molar-refractivity contribution in [3.05, 3.63) is 0 Å². The summed E-state index contributed by atoms with van der Waals surface area (Å²) < 4.78 is 0. The largest absolute Gasteiger partial charge is 0.393 e. The topological polar surface area (TPSA) is 32.3 Å². The molecule has 0 saturated carbocycles. The number of aliphatic hydroxyl groups excluding tert-OH is 1. The van der Waals surface area contributed by atoms with Crippen molar-refractivity contribution in [1.82, 2.24) is 5.32 Å². The molecule has 0 aromatic rings. The summed E-state index contributed by atoms with van der Waals surface area (Å²) in [7, 11) is 0. The molecule has 1 aliphatic rings. The summed E-state index contributed by atoms with van der Waals surface area (Å²) in [5.41, 5.74) is 0. The molecule has 1 rings (SSSR count). The Labute approximate surface area is 114 Å². The zero-order valence-corrected chi connectivity index (χ0v) is 12.5. The van der Waals surface area contributed by atoms with Crippen molar-refractivity contribution in [2.24, 2.45) is 0 Å². The van der Waals surface area contributed by atoms with E-state index in [-0.39, 0.29) is 6.10 Å². The van der Waals surface area contributed by atoms with Gasteiger partial charge in [-0.25, -0.2) is 0 Å². The van der Waals surface area contributed by atoms with Crippen LogP contribution in [0.25, 0.3) is 0 Å². The van der Waals surface area contributed by atoms with Gasteiger partial charge in [-0.15, -0.1) is 0 Å². The lowest BCUT2D eigenvalue weighted by molar-refractivity contribution is 0.0895. The number of rotatable bonds is 9. The quantitative estimate of drug-likeness (QED) is 0.610. The van der Waals surface area contributed by atoms with Crippen LogP contribution in [0.1, 0.15) is 84.5 Å². The van der Waals surface area contributed by atoms with Gasteiger partial charge in [0.05, 0.1) is 6.10 Å². The molecule has 1 heterocycles. The van der Waals surface area contributed by atoms with E-state index in [0.717, 1.165) is 19.3 Å². The first kappa shape index (κ1) is 16.0. The van der Waals surface area contributed by atoms with Crippen LogP contribution in [-0.4, -0.2) is 23.3 Å². The summed E-state index contributed by atoms with van der Waals surface area (Å²) in [5, 5.41) is 13.5. The van der Waals surface area contributed by atoms with E-state index in [1.165, 1.54) is 51.4 Å². The standard InChI is InChI=1S/C16H33NO/c1-3-5-6-7-8-9-10-11-15-13-16(18)12-14(4-2)17-15/h14-18H,3-13H2,1-2H3/t14-,15+,16+/m0/s1. The van der Waals surface area contributed by atoms with Crippen molar-refractivity contribution in [2.45, 2.75) is 103 Å². The van der Waals surface area contributed by atoms with Crippen LogP contribution in [0.4, 0.5) is 0 Å². The van der Waals surface area contributed by atoms with Crippen LogP contribution in [-0.2, 0) is 0 Å². The number of nitrogens with one attached hydrogen (secondary N) is 1. The lowest BCUT2D eigenvalue weighted by Crippen LogP contribution is -2.47. The van der Waals surface area contributed by atoms with Crippen LogP contribution in [0.2, 0.25) is 0 Å². The van der Waals surface area contributed by atoms with E-state index < -0.39 is 0 Å². The summed E-state index contributed by atoms with van der Waals surface area (Å²) >= 11 is 0. The summed E-state index contributed by atoms with van der Waals surface area (Å²) in [6, 6.07) is 1.11. The van der Waals surface area contributed by atoms with Gasteiger partial charge < -0.3 is 10.4 Å². The molecule has 0 unspecified atom stereocenters. The highest BCUT2D eigenvalue weighted by molar-refractivity contribution is 4.84. The molecule has 0 bridgehead atoms. The third-order valence-corrected chi connectivity index (χ3v) is 4.23. The van der Waals surface area contributed by atoms with Gasteiger partial charge in [0.15, 0.2) is 0 Å². The van der Waals surface area contributed by atoms with Crippen molar-refractivity contribution >= 4 is 0 Å². The molecule has 0 aromatic heterocycles. The van der Waals surface area contributed by atoms with Crippen LogP contribution >= 0.6 is 0 Å². The number of aliphatic hydroxyl groups is 1. The number of hydrogen-bond acceptors (Lipinski definition) is 2. The Balaban J connectivity index is 2.00. The van der Waals surface area contributed by atoms with E-state index >= 15 is 0 Å². The Hall–Kier alpha value is -0.0800. The van der Waals surface area contributed by atoms with Gasteiger partial charge in [0.25, 0.3) is 0 Å². The molecule has 0 aliphatic carbocycles. The minimum atomic E-state index is -0.0641. The summed E-state index contributed by atoms with van der Waals surface area (Å²) in [5.74, 6) is 0. The molecule has 108 valence electrons. The van der Waals surface area contributed by atoms with E-state index in [2.05, 4.69) is 19.2 Å². The predicted octanol–water partition coefficient (Wildman–Crippen LogP) is 4.02. The predicted molar refractivity (Wildman–Crippen MR) is 78.9 cm³/mol. The van der Waals surface area contributed by atoms with Crippen LogP contribution in [0, 0.1) is 0 Å².